The summed E-state index contributed by atoms with van der Waals surface area (Å²) in [6.45, 7) is 1.90. The first-order valence-corrected chi connectivity index (χ1v) is 9.26. The molecule has 1 heterocycles. The molecular weight excluding hydrogens is 366 g/mol. The molecule has 0 unspecified atom stereocenters. The molecule has 0 aliphatic rings. The third-order valence-corrected chi connectivity index (χ3v) is 4.97. The van der Waals surface area contributed by atoms with Crippen molar-refractivity contribution in [2.45, 2.75) is 12.8 Å². The number of aryl methyl sites for hydroxylation is 1. The van der Waals surface area contributed by atoms with Crippen LogP contribution in [0.2, 0.25) is 0 Å². The Bertz CT molecular complexity index is 1180. The number of benzene rings is 3. The quantitative estimate of drug-likeness (QED) is 0.564. The zero-order valence-electron chi connectivity index (χ0n) is 16.5. The van der Waals surface area contributed by atoms with Crippen molar-refractivity contribution in [3.05, 3.63) is 66.2 Å². The highest BCUT2D eigenvalue weighted by molar-refractivity contribution is 5.97. The molecular formula is C22H21N5O2. The van der Waals surface area contributed by atoms with Crippen molar-refractivity contribution in [3.8, 4) is 17.1 Å². The van der Waals surface area contributed by atoms with Crippen molar-refractivity contribution in [1.29, 1.82) is 0 Å². The van der Waals surface area contributed by atoms with Gasteiger partial charge >= 0.3 is 0 Å². The van der Waals surface area contributed by atoms with Gasteiger partial charge in [0.2, 0.25) is 5.91 Å². The molecule has 4 aromatic rings. The molecule has 0 radical (unpaired) electrons. The predicted octanol–water partition coefficient (Wildman–Crippen LogP) is 3.78. The largest absolute Gasteiger partial charge is 0.497 e. The zero-order valence-corrected chi connectivity index (χ0v) is 16.5. The van der Waals surface area contributed by atoms with Crippen LogP contribution in [-0.2, 0) is 11.8 Å². The molecule has 1 atom stereocenters. The molecule has 7 heteroatoms. The molecule has 0 aliphatic carbocycles. The maximum atomic E-state index is 12.8. The average Bonchev–Trinajstić information content (AvgIpc) is 3.18. The van der Waals surface area contributed by atoms with Gasteiger partial charge < -0.3 is 10.1 Å². The summed E-state index contributed by atoms with van der Waals surface area (Å²) in [4.78, 5) is 12.8. The van der Waals surface area contributed by atoms with Crippen LogP contribution in [0.3, 0.4) is 0 Å². The fraction of sp³-hybridized carbons (Fsp3) is 0.182. The molecule has 1 N–H and O–H groups in total. The Morgan fingerprint density at radius 3 is 2.62 bits per heavy atom. The Kier molecular flexibility index (Phi) is 4.95. The van der Waals surface area contributed by atoms with Crippen LogP contribution >= 0.6 is 0 Å². The van der Waals surface area contributed by atoms with E-state index in [-0.39, 0.29) is 11.8 Å². The van der Waals surface area contributed by atoms with Crippen molar-refractivity contribution in [2.24, 2.45) is 7.05 Å². The molecule has 3 aromatic carbocycles. The van der Waals surface area contributed by atoms with Gasteiger partial charge in [0.25, 0.3) is 0 Å². The molecule has 1 amide bonds. The van der Waals surface area contributed by atoms with Gasteiger partial charge in [0.1, 0.15) is 5.75 Å². The van der Waals surface area contributed by atoms with Gasteiger partial charge in [-0.3, -0.25) is 4.79 Å². The Morgan fingerprint density at radius 2 is 1.86 bits per heavy atom. The number of tetrazole rings is 1. The highest BCUT2D eigenvalue weighted by Crippen LogP contribution is 2.26. The Hall–Kier alpha value is -3.74. The maximum absolute atomic E-state index is 12.8. The zero-order chi connectivity index (χ0) is 20.4. The third kappa shape index (κ3) is 3.80. The van der Waals surface area contributed by atoms with Crippen molar-refractivity contribution in [3.63, 3.8) is 0 Å². The number of amides is 1. The summed E-state index contributed by atoms with van der Waals surface area (Å²) in [5.74, 6) is 1.07. The molecule has 0 saturated heterocycles. The minimum absolute atomic E-state index is 0.0777. The number of methoxy groups -OCH3 is 1. The first kappa shape index (κ1) is 18.6. The molecule has 0 saturated carbocycles. The van der Waals surface area contributed by atoms with Crippen molar-refractivity contribution >= 4 is 22.4 Å². The number of nitrogens with zero attached hydrogens (tertiary/aromatic N) is 4. The van der Waals surface area contributed by atoms with Crippen LogP contribution in [0.5, 0.6) is 5.75 Å². The average molecular weight is 387 g/mol. The predicted molar refractivity (Wildman–Crippen MR) is 112 cm³/mol. The lowest BCUT2D eigenvalue weighted by Crippen LogP contribution is -2.18. The van der Waals surface area contributed by atoms with Crippen molar-refractivity contribution in [1.82, 2.24) is 20.2 Å². The molecule has 0 spiro atoms. The topological polar surface area (TPSA) is 81.9 Å². The summed E-state index contributed by atoms with van der Waals surface area (Å²) in [6.07, 6.45) is 0. The molecule has 0 aliphatic heterocycles. The number of hydrogen-bond donors (Lipinski definition) is 1. The summed E-state index contributed by atoms with van der Waals surface area (Å²) < 4.78 is 6.86. The van der Waals surface area contributed by atoms with Crippen molar-refractivity contribution in [2.75, 3.05) is 12.4 Å². The fourth-order valence-electron chi connectivity index (χ4n) is 3.25. The Labute approximate surface area is 168 Å². The van der Waals surface area contributed by atoms with E-state index in [2.05, 4.69) is 20.8 Å². The Morgan fingerprint density at radius 1 is 1.07 bits per heavy atom. The summed E-state index contributed by atoms with van der Waals surface area (Å²) in [5.41, 5.74) is 2.49. The van der Waals surface area contributed by atoms with Crippen LogP contribution < -0.4 is 10.1 Å². The first-order valence-electron chi connectivity index (χ1n) is 9.26. The second-order valence-corrected chi connectivity index (χ2v) is 6.89. The molecule has 29 heavy (non-hydrogen) atoms. The standard InChI is InChI=1S/C22H21N5O2/c1-14(15-7-8-17-13-20(29-3)10-9-16(17)11-15)22(28)23-19-6-4-5-18(12-19)21-24-25-26-27(21)2/h4-14H,1-3H3,(H,23,28)/t14-/m0/s1. The number of aromatic nitrogens is 4. The number of anilines is 1. The van der Waals surface area contributed by atoms with E-state index in [9.17, 15) is 4.79 Å². The van der Waals surface area contributed by atoms with Gasteiger partial charge in [-0.25, -0.2) is 4.68 Å². The molecule has 0 bridgehead atoms. The number of fused-ring (bicyclic) bond motifs is 1. The molecule has 0 fully saturated rings. The van der Waals surface area contributed by atoms with E-state index in [0.29, 0.717) is 11.5 Å². The number of hydrogen-bond acceptors (Lipinski definition) is 5. The van der Waals surface area contributed by atoms with E-state index in [4.69, 9.17) is 4.74 Å². The Balaban J connectivity index is 1.54. The van der Waals surface area contributed by atoms with E-state index >= 15 is 0 Å². The van der Waals surface area contributed by atoms with Gasteiger partial charge in [0.05, 0.1) is 13.0 Å². The van der Waals surface area contributed by atoms with Gasteiger partial charge in [-0.2, -0.15) is 0 Å². The number of carbonyl (C=O) groups excluding carboxylic acids is 1. The summed E-state index contributed by atoms with van der Waals surface area (Å²) >= 11 is 0. The highest BCUT2D eigenvalue weighted by atomic mass is 16.5. The van der Waals surface area contributed by atoms with Crippen LogP contribution in [0, 0.1) is 0 Å². The van der Waals surface area contributed by atoms with Gasteiger partial charge in [-0.1, -0.05) is 36.4 Å². The normalized spacial score (nSPS) is 12.0. The first-order chi connectivity index (χ1) is 14.0. The minimum atomic E-state index is -0.304. The van der Waals surface area contributed by atoms with E-state index in [0.717, 1.165) is 27.6 Å². The number of ether oxygens (including phenoxy) is 1. The summed E-state index contributed by atoms with van der Waals surface area (Å²) in [6, 6.07) is 19.4. The number of rotatable bonds is 5. The van der Waals surface area contributed by atoms with Gasteiger partial charge in [0.15, 0.2) is 5.82 Å². The van der Waals surface area contributed by atoms with Crippen LogP contribution in [0.1, 0.15) is 18.4 Å². The second kappa shape index (κ2) is 7.71. The van der Waals surface area contributed by atoms with Crippen LogP contribution in [0.4, 0.5) is 5.69 Å². The summed E-state index contributed by atoms with van der Waals surface area (Å²) in [7, 11) is 3.43. The fourth-order valence-corrected chi connectivity index (χ4v) is 3.25. The minimum Gasteiger partial charge on any atom is -0.497 e. The highest BCUT2D eigenvalue weighted by Gasteiger charge is 2.16. The molecule has 146 valence electrons. The lowest BCUT2D eigenvalue weighted by atomic mass is 9.97. The molecule has 4 rings (SSSR count). The molecule has 1 aromatic heterocycles. The maximum Gasteiger partial charge on any atom is 0.231 e. The van der Waals surface area contributed by atoms with E-state index < -0.39 is 0 Å². The smallest absolute Gasteiger partial charge is 0.231 e. The van der Waals surface area contributed by atoms with Crippen LogP contribution in [0.25, 0.3) is 22.2 Å². The van der Waals surface area contributed by atoms with Gasteiger partial charge in [0, 0.05) is 18.3 Å². The lowest BCUT2D eigenvalue weighted by Gasteiger charge is -2.14. The van der Waals surface area contributed by atoms with Gasteiger partial charge in [-0.15, -0.1) is 5.10 Å². The van der Waals surface area contributed by atoms with Gasteiger partial charge in [-0.05, 0) is 58.0 Å². The third-order valence-electron chi connectivity index (χ3n) is 4.97. The molecule has 7 nitrogen and oxygen atoms in total. The van der Waals surface area contributed by atoms with E-state index in [1.807, 2.05) is 67.6 Å². The second-order valence-electron chi connectivity index (χ2n) is 6.89. The monoisotopic (exact) mass is 387 g/mol. The number of nitrogens with one attached hydrogen (secondary N) is 1. The van der Waals surface area contributed by atoms with Crippen LogP contribution in [0.15, 0.2) is 60.7 Å². The van der Waals surface area contributed by atoms with Crippen molar-refractivity contribution < 1.29 is 9.53 Å². The number of carbonyl (C=O) groups is 1. The SMILES string of the molecule is COc1ccc2cc([C@H](C)C(=O)Nc3cccc(-c4nnnn4C)c3)ccc2c1. The summed E-state index contributed by atoms with van der Waals surface area (Å²) in [5, 5.41) is 16.7. The van der Waals surface area contributed by atoms with Crippen LogP contribution in [-0.4, -0.2) is 33.2 Å². The lowest BCUT2D eigenvalue weighted by molar-refractivity contribution is -0.117. The van der Waals surface area contributed by atoms with E-state index in [1.54, 1.807) is 18.8 Å². The van der Waals surface area contributed by atoms with E-state index in [1.165, 1.54) is 0 Å².